The topological polar surface area (TPSA) is 43.4 Å². The fourth-order valence-electron chi connectivity index (χ4n) is 1.39. The van der Waals surface area contributed by atoms with Crippen molar-refractivity contribution >= 4 is 32.7 Å². The molecule has 2 aromatic rings. The smallest absolute Gasteiger partial charge is 0.342 e. The first kappa shape index (κ1) is 15.1. The van der Waals surface area contributed by atoms with Crippen LogP contribution >= 0.6 is 22.6 Å². The Kier molecular flexibility index (Phi) is 4.23. The summed E-state index contributed by atoms with van der Waals surface area (Å²) in [5.41, 5.74) is 0. The zero-order valence-electron chi connectivity index (χ0n) is 9.61. The normalized spacial score (nSPS) is 11.4. The molecule has 0 aliphatic heterocycles. The van der Waals surface area contributed by atoms with E-state index < -0.39 is 32.5 Å². The molecule has 0 saturated heterocycles. The standard InChI is InChI=1S/C12H6F3IO3S/c13-9-4-5-10(12(15)11(9)14)20(17,18)19-8-3-1-2-7(16)6-8/h1-6H. The van der Waals surface area contributed by atoms with Gasteiger partial charge in [-0.25, -0.2) is 13.2 Å². The summed E-state index contributed by atoms with van der Waals surface area (Å²) >= 11 is 1.93. The second kappa shape index (κ2) is 5.60. The van der Waals surface area contributed by atoms with Crippen molar-refractivity contribution in [2.75, 3.05) is 0 Å². The van der Waals surface area contributed by atoms with Gasteiger partial charge >= 0.3 is 10.1 Å². The molecule has 0 N–H and O–H groups in total. The highest BCUT2D eigenvalue weighted by molar-refractivity contribution is 14.1. The lowest BCUT2D eigenvalue weighted by atomic mass is 10.3. The summed E-state index contributed by atoms with van der Waals surface area (Å²) in [5.74, 6) is -5.20. The summed E-state index contributed by atoms with van der Waals surface area (Å²) in [6, 6.07) is 7.10. The Hall–Kier alpha value is -1.29. The summed E-state index contributed by atoms with van der Waals surface area (Å²) in [6.07, 6.45) is 0. The third-order valence-corrected chi connectivity index (χ3v) is 4.21. The lowest BCUT2D eigenvalue weighted by Crippen LogP contribution is -2.13. The molecule has 2 rings (SSSR count). The summed E-state index contributed by atoms with van der Waals surface area (Å²) < 4.78 is 68.4. The highest BCUT2D eigenvalue weighted by Crippen LogP contribution is 2.24. The average Bonchev–Trinajstić information content (AvgIpc) is 2.35. The Morgan fingerprint density at radius 2 is 1.70 bits per heavy atom. The van der Waals surface area contributed by atoms with Gasteiger partial charge in [0.15, 0.2) is 17.5 Å². The summed E-state index contributed by atoms with van der Waals surface area (Å²) in [5, 5.41) is 0. The van der Waals surface area contributed by atoms with Crippen molar-refractivity contribution in [1.29, 1.82) is 0 Å². The predicted octanol–water partition coefficient (Wildman–Crippen LogP) is 3.48. The van der Waals surface area contributed by atoms with Gasteiger partial charge in [-0.05, 0) is 52.9 Å². The van der Waals surface area contributed by atoms with Gasteiger partial charge in [-0.3, -0.25) is 0 Å². The quantitative estimate of drug-likeness (QED) is 0.439. The van der Waals surface area contributed by atoms with Gasteiger partial charge in [-0.2, -0.15) is 8.42 Å². The van der Waals surface area contributed by atoms with Crippen LogP contribution in [0.3, 0.4) is 0 Å². The monoisotopic (exact) mass is 414 g/mol. The maximum atomic E-state index is 13.5. The zero-order valence-corrected chi connectivity index (χ0v) is 12.6. The van der Waals surface area contributed by atoms with Crippen LogP contribution in [-0.2, 0) is 10.1 Å². The van der Waals surface area contributed by atoms with Gasteiger partial charge in [-0.15, -0.1) is 0 Å². The second-order valence-electron chi connectivity index (χ2n) is 3.67. The van der Waals surface area contributed by atoms with Crippen LogP contribution in [0.2, 0.25) is 0 Å². The molecule has 8 heteroatoms. The molecule has 0 amide bonds. The van der Waals surface area contributed by atoms with Crippen molar-refractivity contribution in [1.82, 2.24) is 0 Å². The van der Waals surface area contributed by atoms with Gasteiger partial charge in [-0.1, -0.05) is 6.07 Å². The van der Waals surface area contributed by atoms with Gasteiger partial charge in [0.05, 0.1) is 0 Å². The first-order valence-corrected chi connectivity index (χ1v) is 7.63. The average molecular weight is 414 g/mol. The highest BCUT2D eigenvalue weighted by Gasteiger charge is 2.25. The number of hydrogen-bond donors (Lipinski definition) is 0. The van der Waals surface area contributed by atoms with E-state index in [1.54, 1.807) is 6.07 Å². The fourth-order valence-corrected chi connectivity index (χ4v) is 2.90. The van der Waals surface area contributed by atoms with E-state index in [1.165, 1.54) is 18.2 Å². The number of rotatable bonds is 3. The largest absolute Gasteiger partial charge is 0.379 e. The van der Waals surface area contributed by atoms with Crippen molar-refractivity contribution < 1.29 is 25.8 Å². The van der Waals surface area contributed by atoms with E-state index in [1.807, 2.05) is 22.6 Å². The third-order valence-electron chi connectivity index (χ3n) is 2.27. The third kappa shape index (κ3) is 3.06. The van der Waals surface area contributed by atoms with Crippen LogP contribution in [0.15, 0.2) is 41.3 Å². The molecular formula is C12H6F3IO3S. The molecule has 0 fully saturated rings. The van der Waals surface area contributed by atoms with E-state index in [9.17, 15) is 21.6 Å². The molecule has 0 bridgehead atoms. The SMILES string of the molecule is O=S(=O)(Oc1cccc(I)c1)c1ccc(F)c(F)c1F. The van der Waals surface area contributed by atoms with Crippen LogP contribution in [-0.4, -0.2) is 8.42 Å². The molecule has 20 heavy (non-hydrogen) atoms. The van der Waals surface area contributed by atoms with E-state index in [0.717, 1.165) is 0 Å². The first-order chi connectivity index (χ1) is 9.31. The first-order valence-electron chi connectivity index (χ1n) is 5.15. The molecule has 0 aromatic heterocycles. The molecular weight excluding hydrogens is 408 g/mol. The highest BCUT2D eigenvalue weighted by atomic mass is 127. The van der Waals surface area contributed by atoms with Crippen LogP contribution in [0.4, 0.5) is 13.2 Å². The van der Waals surface area contributed by atoms with Crippen LogP contribution in [0.25, 0.3) is 0 Å². The van der Waals surface area contributed by atoms with Crippen LogP contribution in [0, 0.1) is 21.0 Å². The molecule has 2 aromatic carbocycles. The number of hydrogen-bond acceptors (Lipinski definition) is 3. The van der Waals surface area contributed by atoms with Crippen LogP contribution in [0.1, 0.15) is 0 Å². The maximum Gasteiger partial charge on any atom is 0.342 e. The van der Waals surface area contributed by atoms with Crippen molar-refractivity contribution in [3.8, 4) is 5.75 Å². The summed E-state index contributed by atoms with van der Waals surface area (Å²) in [6.45, 7) is 0. The molecule has 0 heterocycles. The fraction of sp³-hybridized carbons (Fsp3) is 0. The summed E-state index contributed by atoms with van der Waals surface area (Å²) in [4.78, 5) is -1.06. The minimum Gasteiger partial charge on any atom is -0.379 e. The molecule has 0 radical (unpaired) electrons. The maximum absolute atomic E-state index is 13.5. The Morgan fingerprint density at radius 3 is 2.35 bits per heavy atom. The van der Waals surface area contributed by atoms with E-state index in [0.29, 0.717) is 15.7 Å². The van der Waals surface area contributed by atoms with Gasteiger partial charge < -0.3 is 4.18 Å². The Bertz CT molecular complexity index is 763. The van der Waals surface area contributed by atoms with E-state index in [-0.39, 0.29) is 5.75 Å². The Balaban J connectivity index is 2.44. The van der Waals surface area contributed by atoms with Crippen molar-refractivity contribution in [3.05, 3.63) is 57.4 Å². The van der Waals surface area contributed by atoms with Gasteiger partial charge in [0.1, 0.15) is 10.6 Å². The van der Waals surface area contributed by atoms with Crippen LogP contribution < -0.4 is 4.18 Å². The Morgan fingerprint density at radius 1 is 1.00 bits per heavy atom. The molecule has 0 aliphatic rings. The second-order valence-corrected chi connectivity index (χ2v) is 6.43. The minimum atomic E-state index is -4.59. The Labute approximate surface area is 126 Å². The van der Waals surface area contributed by atoms with Gasteiger partial charge in [0, 0.05) is 3.57 Å². The lowest BCUT2D eigenvalue weighted by molar-refractivity contribution is 0.423. The zero-order chi connectivity index (χ0) is 14.9. The van der Waals surface area contributed by atoms with E-state index in [4.69, 9.17) is 0 Å². The minimum absolute atomic E-state index is 0.0546. The van der Waals surface area contributed by atoms with Crippen molar-refractivity contribution in [2.45, 2.75) is 4.90 Å². The molecule has 0 spiro atoms. The van der Waals surface area contributed by atoms with Crippen molar-refractivity contribution in [2.24, 2.45) is 0 Å². The van der Waals surface area contributed by atoms with Crippen molar-refractivity contribution in [3.63, 3.8) is 0 Å². The summed E-state index contributed by atoms with van der Waals surface area (Å²) in [7, 11) is -4.59. The molecule has 106 valence electrons. The van der Waals surface area contributed by atoms with Gasteiger partial charge in [0.25, 0.3) is 0 Å². The number of benzene rings is 2. The molecule has 0 unspecified atom stereocenters. The molecule has 0 saturated carbocycles. The molecule has 3 nitrogen and oxygen atoms in total. The van der Waals surface area contributed by atoms with Crippen LogP contribution in [0.5, 0.6) is 5.75 Å². The number of halogens is 4. The van der Waals surface area contributed by atoms with Gasteiger partial charge in [0.2, 0.25) is 0 Å². The van der Waals surface area contributed by atoms with E-state index in [2.05, 4.69) is 4.18 Å². The van der Waals surface area contributed by atoms with E-state index >= 15 is 0 Å². The predicted molar refractivity (Wildman–Crippen MR) is 73.3 cm³/mol. The lowest BCUT2D eigenvalue weighted by Gasteiger charge is -2.08. The molecule has 0 atom stereocenters. The molecule has 0 aliphatic carbocycles.